The standard InChI is InChI=1S/C22H23N3O2/c1-2-17-8-6-7-11-20(17)25-21-13-12-18(16-23-21)24-22(26)14-15-27-19-9-4-3-5-10-19/h3-13,16H,2,14-15H2,1H3,(H,23,25)(H,24,26). The fraction of sp³-hybridized carbons (Fsp3) is 0.182. The third-order valence-electron chi connectivity index (χ3n) is 4.05. The van der Waals surface area contributed by atoms with Crippen molar-refractivity contribution in [3.05, 3.63) is 78.5 Å². The Morgan fingerprint density at radius 3 is 2.52 bits per heavy atom. The molecule has 1 aromatic heterocycles. The van der Waals surface area contributed by atoms with Gasteiger partial charge in [0, 0.05) is 5.69 Å². The highest BCUT2D eigenvalue weighted by molar-refractivity contribution is 5.90. The molecule has 2 N–H and O–H groups in total. The number of nitrogens with one attached hydrogen (secondary N) is 2. The summed E-state index contributed by atoms with van der Waals surface area (Å²) in [5.41, 5.74) is 2.94. The topological polar surface area (TPSA) is 63.2 Å². The number of carbonyl (C=O) groups is 1. The molecule has 3 aromatic rings. The number of carbonyl (C=O) groups excluding carboxylic acids is 1. The van der Waals surface area contributed by atoms with Crippen molar-refractivity contribution in [1.29, 1.82) is 0 Å². The zero-order chi connectivity index (χ0) is 18.9. The maximum atomic E-state index is 12.0. The van der Waals surface area contributed by atoms with Gasteiger partial charge in [-0.2, -0.15) is 0 Å². The molecule has 2 aromatic carbocycles. The average molecular weight is 361 g/mol. The molecular weight excluding hydrogens is 338 g/mol. The van der Waals surface area contributed by atoms with Gasteiger partial charge in [-0.05, 0) is 42.3 Å². The summed E-state index contributed by atoms with van der Waals surface area (Å²) >= 11 is 0. The number of hydrogen-bond donors (Lipinski definition) is 2. The first kappa shape index (κ1) is 18.5. The van der Waals surface area contributed by atoms with E-state index >= 15 is 0 Å². The third-order valence-corrected chi connectivity index (χ3v) is 4.05. The van der Waals surface area contributed by atoms with Gasteiger partial charge < -0.3 is 15.4 Å². The Balaban J connectivity index is 1.49. The summed E-state index contributed by atoms with van der Waals surface area (Å²) in [5.74, 6) is 1.39. The number of nitrogens with zero attached hydrogens (tertiary/aromatic N) is 1. The van der Waals surface area contributed by atoms with Gasteiger partial charge in [0.1, 0.15) is 11.6 Å². The molecule has 0 aliphatic rings. The minimum Gasteiger partial charge on any atom is -0.493 e. The number of aromatic nitrogens is 1. The van der Waals surface area contributed by atoms with E-state index in [4.69, 9.17) is 4.74 Å². The van der Waals surface area contributed by atoms with E-state index in [-0.39, 0.29) is 12.3 Å². The second-order valence-electron chi connectivity index (χ2n) is 6.03. The first-order valence-corrected chi connectivity index (χ1v) is 9.03. The Morgan fingerprint density at radius 2 is 1.78 bits per heavy atom. The van der Waals surface area contributed by atoms with Crippen molar-refractivity contribution >= 4 is 23.1 Å². The molecule has 1 heterocycles. The number of para-hydroxylation sites is 2. The van der Waals surface area contributed by atoms with E-state index in [0.717, 1.165) is 23.7 Å². The number of amides is 1. The van der Waals surface area contributed by atoms with Crippen molar-refractivity contribution in [1.82, 2.24) is 4.98 Å². The number of hydrogen-bond acceptors (Lipinski definition) is 4. The van der Waals surface area contributed by atoms with Crippen LogP contribution in [0.3, 0.4) is 0 Å². The van der Waals surface area contributed by atoms with Crippen LogP contribution in [0.5, 0.6) is 5.75 Å². The lowest BCUT2D eigenvalue weighted by molar-refractivity contribution is -0.116. The molecule has 0 radical (unpaired) electrons. The summed E-state index contributed by atoms with van der Waals surface area (Å²) in [4.78, 5) is 16.4. The molecule has 27 heavy (non-hydrogen) atoms. The molecule has 0 atom stereocenters. The maximum Gasteiger partial charge on any atom is 0.227 e. The number of anilines is 3. The van der Waals surface area contributed by atoms with Gasteiger partial charge in [0.25, 0.3) is 0 Å². The summed E-state index contributed by atoms with van der Waals surface area (Å²) in [5, 5.41) is 6.15. The molecule has 0 unspecified atom stereocenters. The minimum absolute atomic E-state index is 0.107. The first-order valence-electron chi connectivity index (χ1n) is 9.03. The highest BCUT2D eigenvalue weighted by atomic mass is 16.5. The number of aryl methyl sites for hydroxylation is 1. The predicted molar refractivity (Wildman–Crippen MR) is 109 cm³/mol. The molecule has 0 saturated heterocycles. The Kier molecular flexibility index (Phi) is 6.41. The van der Waals surface area contributed by atoms with Crippen LogP contribution < -0.4 is 15.4 Å². The van der Waals surface area contributed by atoms with Gasteiger partial charge >= 0.3 is 0 Å². The molecule has 0 aliphatic carbocycles. The highest BCUT2D eigenvalue weighted by Gasteiger charge is 2.05. The Labute approximate surface area is 159 Å². The van der Waals surface area contributed by atoms with Crippen molar-refractivity contribution in [3.8, 4) is 5.75 Å². The van der Waals surface area contributed by atoms with E-state index < -0.39 is 0 Å². The van der Waals surface area contributed by atoms with E-state index in [9.17, 15) is 4.79 Å². The van der Waals surface area contributed by atoms with Gasteiger partial charge in [-0.3, -0.25) is 4.79 Å². The van der Waals surface area contributed by atoms with Crippen molar-refractivity contribution in [2.75, 3.05) is 17.2 Å². The molecule has 1 amide bonds. The lowest BCUT2D eigenvalue weighted by Crippen LogP contribution is -2.15. The second-order valence-corrected chi connectivity index (χ2v) is 6.03. The molecular formula is C22H23N3O2. The van der Waals surface area contributed by atoms with Crippen molar-refractivity contribution < 1.29 is 9.53 Å². The van der Waals surface area contributed by atoms with E-state index in [1.165, 1.54) is 5.56 Å². The largest absolute Gasteiger partial charge is 0.493 e. The molecule has 0 bridgehead atoms. The van der Waals surface area contributed by atoms with E-state index in [2.05, 4.69) is 28.6 Å². The molecule has 138 valence electrons. The van der Waals surface area contributed by atoms with Gasteiger partial charge in [0.2, 0.25) is 5.91 Å². The lowest BCUT2D eigenvalue weighted by atomic mass is 10.1. The maximum absolute atomic E-state index is 12.0. The number of rotatable bonds is 8. The first-order chi connectivity index (χ1) is 13.2. The van der Waals surface area contributed by atoms with Crippen LogP contribution in [0.25, 0.3) is 0 Å². The van der Waals surface area contributed by atoms with Gasteiger partial charge in [-0.15, -0.1) is 0 Å². The SMILES string of the molecule is CCc1ccccc1Nc1ccc(NC(=O)CCOc2ccccc2)cn1. The third kappa shape index (κ3) is 5.57. The molecule has 0 spiro atoms. The van der Waals surface area contributed by atoms with E-state index in [1.807, 2.05) is 60.7 Å². The zero-order valence-electron chi connectivity index (χ0n) is 15.3. The summed E-state index contributed by atoms with van der Waals surface area (Å²) in [6, 6.07) is 21.3. The van der Waals surface area contributed by atoms with E-state index in [1.54, 1.807) is 6.20 Å². The Bertz CT molecular complexity index is 864. The molecule has 0 saturated carbocycles. The van der Waals surface area contributed by atoms with E-state index in [0.29, 0.717) is 12.3 Å². The number of benzene rings is 2. The fourth-order valence-electron chi connectivity index (χ4n) is 2.63. The summed E-state index contributed by atoms with van der Waals surface area (Å²) < 4.78 is 5.54. The Morgan fingerprint density at radius 1 is 1.00 bits per heavy atom. The fourth-order valence-corrected chi connectivity index (χ4v) is 2.63. The molecule has 0 fully saturated rings. The average Bonchev–Trinajstić information content (AvgIpc) is 2.71. The van der Waals surface area contributed by atoms with Gasteiger partial charge in [0.15, 0.2) is 0 Å². The highest BCUT2D eigenvalue weighted by Crippen LogP contribution is 2.20. The lowest BCUT2D eigenvalue weighted by Gasteiger charge is -2.11. The minimum atomic E-state index is -0.107. The van der Waals surface area contributed by atoms with Gasteiger partial charge in [0.05, 0.1) is 24.9 Å². The summed E-state index contributed by atoms with van der Waals surface area (Å²) in [6.45, 7) is 2.45. The van der Waals surface area contributed by atoms with Gasteiger partial charge in [-0.25, -0.2) is 4.98 Å². The zero-order valence-corrected chi connectivity index (χ0v) is 15.3. The van der Waals surface area contributed by atoms with Crippen LogP contribution in [0.4, 0.5) is 17.2 Å². The van der Waals surface area contributed by atoms with Gasteiger partial charge in [-0.1, -0.05) is 43.3 Å². The monoisotopic (exact) mass is 361 g/mol. The molecule has 5 heteroatoms. The summed E-state index contributed by atoms with van der Waals surface area (Å²) in [6.07, 6.45) is 2.87. The Hall–Kier alpha value is -3.34. The van der Waals surface area contributed by atoms with Crippen molar-refractivity contribution in [3.63, 3.8) is 0 Å². The van der Waals surface area contributed by atoms with Crippen molar-refractivity contribution in [2.45, 2.75) is 19.8 Å². The van der Waals surface area contributed by atoms with Crippen molar-refractivity contribution in [2.24, 2.45) is 0 Å². The van der Waals surface area contributed by atoms with Crippen LogP contribution in [0.2, 0.25) is 0 Å². The quantitative estimate of drug-likeness (QED) is 0.605. The predicted octanol–water partition coefficient (Wildman–Crippen LogP) is 4.80. The molecule has 3 rings (SSSR count). The number of pyridine rings is 1. The molecule has 5 nitrogen and oxygen atoms in total. The van der Waals surface area contributed by atoms with Crippen LogP contribution in [-0.4, -0.2) is 17.5 Å². The summed E-state index contributed by atoms with van der Waals surface area (Å²) in [7, 11) is 0. The van der Waals surface area contributed by atoms with Crippen LogP contribution in [0, 0.1) is 0 Å². The molecule has 0 aliphatic heterocycles. The van der Waals surface area contributed by atoms with Crippen LogP contribution in [0.15, 0.2) is 72.9 Å². The van der Waals surface area contributed by atoms with Crippen LogP contribution >= 0.6 is 0 Å². The number of ether oxygens (including phenoxy) is 1. The normalized spacial score (nSPS) is 10.3. The van der Waals surface area contributed by atoms with Crippen LogP contribution in [-0.2, 0) is 11.2 Å². The second kappa shape index (κ2) is 9.38. The smallest absolute Gasteiger partial charge is 0.227 e. The van der Waals surface area contributed by atoms with Crippen LogP contribution in [0.1, 0.15) is 18.9 Å².